The van der Waals surface area contributed by atoms with Crippen LogP contribution in [0.3, 0.4) is 0 Å². The van der Waals surface area contributed by atoms with Crippen LogP contribution < -0.4 is 15.6 Å². The molecule has 11 heteroatoms. The molecule has 1 aliphatic heterocycles. The van der Waals surface area contributed by atoms with Gasteiger partial charge in [0.05, 0.1) is 24.0 Å². The zero-order valence-corrected chi connectivity index (χ0v) is 21.0. The number of nitrogens with one attached hydrogen (secondary N) is 1. The number of pyridine rings is 1. The van der Waals surface area contributed by atoms with Gasteiger partial charge in [0.25, 0.3) is 11.5 Å². The smallest absolute Gasteiger partial charge is 0.398 e. The minimum Gasteiger partial charge on any atom is -0.493 e. The van der Waals surface area contributed by atoms with Crippen LogP contribution >= 0.6 is 11.6 Å². The highest BCUT2D eigenvalue weighted by Crippen LogP contribution is 2.45. The number of ether oxygens (including phenoxy) is 1. The Balaban J connectivity index is 1.74. The van der Waals surface area contributed by atoms with E-state index >= 15 is 0 Å². The van der Waals surface area contributed by atoms with Crippen LogP contribution in [0.1, 0.15) is 54.0 Å². The lowest BCUT2D eigenvalue weighted by molar-refractivity contribution is -0.180. The largest absolute Gasteiger partial charge is 0.493 e. The van der Waals surface area contributed by atoms with Gasteiger partial charge in [-0.1, -0.05) is 18.5 Å². The molecule has 0 saturated heterocycles. The van der Waals surface area contributed by atoms with Gasteiger partial charge in [-0.3, -0.25) is 9.59 Å². The first-order chi connectivity index (χ1) is 16.8. The molecule has 0 fully saturated rings. The summed E-state index contributed by atoms with van der Waals surface area (Å²) in [5, 5.41) is 2.89. The lowest BCUT2D eigenvalue weighted by atomic mass is 9.83. The van der Waals surface area contributed by atoms with Gasteiger partial charge < -0.3 is 19.2 Å². The van der Waals surface area contributed by atoms with Gasteiger partial charge in [0.2, 0.25) is 0 Å². The molecule has 0 radical (unpaired) electrons. The molecule has 0 bridgehead atoms. The van der Waals surface area contributed by atoms with Crippen LogP contribution in [0.2, 0.25) is 5.02 Å². The molecule has 3 aromatic rings. The number of aryl methyl sites for hydroxylation is 1. The molecule has 1 amide bonds. The standard InChI is InChI=1S/C25H26ClF3N4O3/c1-14(12-36-20-6-5-16(26)9-18(20)24(3,4)25(27,28)29)17-10-19-22(34)30-7-8-33(19)23(35)21(17)32-11-15(2)31-13-32/h5-6,9-11,13-14H,7-8,12H2,1-4H3,(H,30,34)/t14-/m1/s1. The Labute approximate surface area is 210 Å². The van der Waals surface area contributed by atoms with Crippen molar-refractivity contribution in [3.05, 3.63) is 74.7 Å². The van der Waals surface area contributed by atoms with Gasteiger partial charge in [0, 0.05) is 35.8 Å². The predicted octanol–water partition coefficient (Wildman–Crippen LogP) is 4.76. The van der Waals surface area contributed by atoms with Gasteiger partial charge in [-0.05, 0) is 50.6 Å². The van der Waals surface area contributed by atoms with Crippen molar-refractivity contribution in [3.63, 3.8) is 0 Å². The van der Waals surface area contributed by atoms with E-state index in [2.05, 4.69) is 10.3 Å². The first-order valence-corrected chi connectivity index (χ1v) is 11.8. The fraction of sp³-hybridized carbons (Fsp3) is 0.400. The normalized spacial score (nSPS) is 14.8. The topological polar surface area (TPSA) is 78.1 Å². The highest BCUT2D eigenvalue weighted by Gasteiger charge is 2.50. The Kier molecular flexibility index (Phi) is 6.68. The quantitative estimate of drug-likeness (QED) is 0.506. The molecule has 4 rings (SSSR count). The number of nitrogens with zero attached hydrogens (tertiary/aromatic N) is 3. The summed E-state index contributed by atoms with van der Waals surface area (Å²) in [6.45, 7) is 6.32. The van der Waals surface area contributed by atoms with Crippen molar-refractivity contribution in [1.82, 2.24) is 19.4 Å². The summed E-state index contributed by atoms with van der Waals surface area (Å²) in [7, 11) is 0. The summed E-state index contributed by atoms with van der Waals surface area (Å²) in [4.78, 5) is 30.2. The van der Waals surface area contributed by atoms with Crippen LogP contribution in [-0.4, -0.2) is 39.4 Å². The molecule has 3 heterocycles. The van der Waals surface area contributed by atoms with Crippen molar-refractivity contribution in [3.8, 4) is 11.4 Å². The number of fused-ring (bicyclic) bond motifs is 1. The number of benzene rings is 1. The van der Waals surface area contributed by atoms with Crippen molar-refractivity contribution in [2.24, 2.45) is 0 Å². The first-order valence-electron chi connectivity index (χ1n) is 11.4. The van der Waals surface area contributed by atoms with Crippen molar-refractivity contribution in [1.29, 1.82) is 0 Å². The van der Waals surface area contributed by atoms with Crippen LogP contribution in [0.5, 0.6) is 5.75 Å². The van der Waals surface area contributed by atoms with E-state index in [4.69, 9.17) is 16.3 Å². The molecule has 2 aromatic heterocycles. The van der Waals surface area contributed by atoms with E-state index in [-0.39, 0.29) is 40.1 Å². The number of hydrogen-bond donors (Lipinski definition) is 1. The van der Waals surface area contributed by atoms with E-state index < -0.39 is 17.5 Å². The van der Waals surface area contributed by atoms with Gasteiger partial charge in [-0.15, -0.1) is 0 Å². The van der Waals surface area contributed by atoms with Crippen LogP contribution in [0, 0.1) is 6.92 Å². The molecular weight excluding hydrogens is 497 g/mol. The molecule has 0 aliphatic carbocycles. The van der Waals surface area contributed by atoms with Gasteiger partial charge in [-0.25, -0.2) is 4.98 Å². The predicted molar refractivity (Wildman–Crippen MR) is 129 cm³/mol. The molecule has 0 unspecified atom stereocenters. The lowest BCUT2D eigenvalue weighted by Gasteiger charge is -2.30. The average molecular weight is 523 g/mol. The van der Waals surface area contributed by atoms with Crippen LogP contribution in [0.25, 0.3) is 5.69 Å². The zero-order chi connectivity index (χ0) is 26.4. The second kappa shape index (κ2) is 9.31. The van der Waals surface area contributed by atoms with Crippen molar-refractivity contribution < 1.29 is 22.7 Å². The van der Waals surface area contributed by atoms with E-state index in [1.54, 1.807) is 30.7 Å². The third kappa shape index (κ3) is 4.61. The monoisotopic (exact) mass is 522 g/mol. The number of amides is 1. The highest BCUT2D eigenvalue weighted by atomic mass is 35.5. The summed E-state index contributed by atoms with van der Waals surface area (Å²) in [5.41, 5.74) is -0.900. The molecule has 1 atom stereocenters. The number of carbonyl (C=O) groups excluding carboxylic acids is 1. The van der Waals surface area contributed by atoms with Crippen molar-refractivity contribution in [2.45, 2.75) is 51.7 Å². The summed E-state index contributed by atoms with van der Waals surface area (Å²) in [6, 6.07) is 5.77. The maximum atomic E-state index is 13.8. The molecule has 0 spiro atoms. The number of rotatable bonds is 6. The summed E-state index contributed by atoms with van der Waals surface area (Å²) < 4.78 is 50.3. The van der Waals surface area contributed by atoms with Gasteiger partial charge in [-0.2, -0.15) is 13.2 Å². The summed E-state index contributed by atoms with van der Waals surface area (Å²) >= 11 is 6.01. The Morgan fingerprint density at radius 3 is 2.58 bits per heavy atom. The molecule has 36 heavy (non-hydrogen) atoms. The molecule has 192 valence electrons. The fourth-order valence-electron chi connectivity index (χ4n) is 4.19. The molecule has 1 N–H and O–H groups in total. The number of halogens is 4. The van der Waals surface area contributed by atoms with Gasteiger partial charge >= 0.3 is 6.18 Å². The molecule has 1 aliphatic rings. The van der Waals surface area contributed by atoms with Crippen molar-refractivity contribution in [2.75, 3.05) is 13.2 Å². The average Bonchev–Trinajstić information content (AvgIpc) is 3.23. The highest BCUT2D eigenvalue weighted by molar-refractivity contribution is 6.30. The van der Waals surface area contributed by atoms with Crippen LogP contribution in [0.15, 0.2) is 41.6 Å². The maximum Gasteiger partial charge on any atom is 0.398 e. The SMILES string of the molecule is Cc1cn(-c2c([C@H](C)COc3ccc(Cl)cc3C(C)(C)C(F)(F)F)cc3n(c2=O)CCNC3=O)cn1. The zero-order valence-electron chi connectivity index (χ0n) is 20.2. The molecule has 1 aromatic carbocycles. The number of imidazole rings is 1. The summed E-state index contributed by atoms with van der Waals surface area (Å²) in [6.07, 6.45) is -1.32. The second-order valence-electron chi connectivity index (χ2n) is 9.44. The van der Waals surface area contributed by atoms with E-state index in [9.17, 15) is 22.8 Å². The first kappa shape index (κ1) is 25.8. The van der Waals surface area contributed by atoms with Gasteiger partial charge in [0.15, 0.2) is 0 Å². The minimum absolute atomic E-state index is 0.0426. The van der Waals surface area contributed by atoms with Crippen LogP contribution in [-0.2, 0) is 12.0 Å². The van der Waals surface area contributed by atoms with E-state index in [0.717, 1.165) is 13.8 Å². The Bertz CT molecular complexity index is 1380. The van der Waals surface area contributed by atoms with E-state index in [1.165, 1.54) is 29.1 Å². The van der Waals surface area contributed by atoms with E-state index in [0.29, 0.717) is 30.0 Å². The Hall–Kier alpha value is -3.27. The number of carbonyl (C=O) groups is 1. The summed E-state index contributed by atoms with van der Waals surface area (Å²) in [5.74, 6) is -0.789. The second-order valence-corrected chi connectivity index (χ2v) is 9.88. The molecule has 0 saturated carbocycles. The maximum absolute atomic E-state index is 13.8. The fourth-order valence-corrected chi connectivity index (χ4v) is 4.36. The Morgan fingerprint density at radius 2 is 1.94 bits per heavy atom. The van der Waals surface area contributed by atoms with Crippen molar-refractivity contribution >= 4 is 17.5 Å². The van der Waals surface area contributed by atoms with Gasteiger partial charge in [0.1, 0.15) is 17.1 Å². The Morgan fingerprint density at radius 1 is 1.22 bits per heavy atom. The molecule has 7 nitrogen and oxygen atoms in total. The number of hydrogen-bond acceptors (Lipinski definition) is 4. The van der Waals surface area contributed by atoms with E-state index in [1.807, 2.05) is 0 Å². The lowest BCUT2D eigenvalue weighted by Crippen LogP contribution is -2.42. The van der Waals surface area contributed by atoms with Crippen LogP contribution in [0.4, 0.5) is 13.2 Å². The third-order valence-corrected chi connectivity index (χ3v) is 6.71. The minimum atomic E-state index is -4.53. The number of alkyl halides is 3. The number of aromatic nitrogens is 3. The third-order valence-electron chi connectivity index (χ3n) is 6.47. The molecular formula is C25H26ClF3N4O3.